The molecule has 0 unspecified atom stereocenters. The second-order valence-electron chi connectivity index (χ2n) is 3.05. The van der Waals surface area contributed by atoms with Gasteiger partial charge in [0.15, 0.2) is 0 Å². The first-order valence-corrected chi connectivity index (χ1v) is 5.33. The Morgan fingerprint density at radius 1 is 1.53 bits per heavy atom. The van der Waals surface area contributed by atoms with E-state index in [-0.39, 0.29) is 24.7 Å². The van der Waals surface area contributed by atoms with Crippen molar-refractivity contribution in [3.8, 4) is 0 Å². The third-order valence-corrected chi connectivity index (χ3v) is 2.35. The van der Waals surface area contributed by atoms with Crippen molar-refractivity contribution >= 4 is 21.8 Å². The maximum atomic E-state index is 13.2. The third-order valence-electron chi connectivity index (χ3n) is 1.86. The molecule has 0 aliphatic carbocycles. The fourth-order valence-corrected chi connectivity index (χ4v) is 1.50. The van der Waals surface area contributed by atoms with E-state index in [2.05, 4.69) is 21.2 Å². The minimum atomic E-state index is -0.328. The van der Waals surface area contributed by atoms with Gasteiger partial charge in [0.05, 0.1) is 0 Å². The van der Waals surface area contributed by atoms with Crippen LogP contribution in [0, 0.1) is 5.82 Å². The van der Waals surface area contributed by atoms with Gasteiger partial charge in [-0.2, -0.15) is 0 Å². The zero-order chi connectivity index (χ0) is 11.3. The standard InChI is InChI=1S/C10H12BrFN2O/c11-8-1-2-9(12)7(5-8)6-14-10(15)3-4-13/h1-2,5H,3-4,6,13H2,(H,14,15). The zero-order valence-corrected chi connectivity index (χ0v) is 9.68. The van der Waals surface area contributed by atoms with Crippen molar-refractivity contribution in [2.24, 2.45) is 5.73 Å². The van der Waals surface area contributed by atoms with E-state index in [9.17, 15) is 9.18 Å². The molecule has 1 amide bonds. The predicted octanol–water partition coefficient (Wildman–Crippen LogP) is 1.55. The van der Waals surface area contributed by atoms with Gasteiger partial charge >= 0.3 is 0 Å². The highest BCUT2D eigenvalue weighted by Crippen LogP contribution is 2.15. The second-order valence-corrected chi connectivity index (χ2v) is 3.97. The van der Waals surface area contributed by atoms with Crippen molar-refractivity contribution in [2.45, 2.75) is 13.0 Å². The number of halogens is 2. The van der Waals surface area contributed by atoms with E-state index in [0.717, 1.165) is 4.47 Å². The van der Waals surface area contributed by atoms with Crippen molar-refractivity contribution in [2.75, 3.05) is 6.54 Å². The topological polar surface area (TPSA) is 55.1 Å². The summed E-state index contributed by atoms with van der Waals surface area (Å²) >= 11 is 3.23. The van der Waals surface area contributed by atoms with Gasteiger partial charge in [0.2, 0.25) is 5.91 Å². The van der Waals surface area contributed by atoms with E-state index >= 15 is 0 Å². The molecule has 0 radical (unpaired) electrons. The lowest BCUT2D eigenvalue weighted by Gasteiger charge is -2.06. The number of hydrogen-bond donors (Lipinski definition) is 2. The molecule has 0 saturated heterocycles. The average Bonchev–Trinajstić information content (AvgIpc) is 2.20. The van der Waals surface area contributed by atoms with Crippen molar-refractivity contribution in [3.05, 3.63) is 34.1 Å². The molecule has 0 spiro atoms. The van der Waals surface area contributed by atoms with Crippen molar-refractivity contribution in [1.82, 2.24) is 5.32 Å². The van der Waals surface area contributed by atoms with Crippen LogP contribution >= 0.6 is 15.9 Å². The third kappa shape index (κ3) is 3.97. The van der Waals surface area contributed by atoms with E-state index in [4.69, 9.17) is 5.73 Å². The molecule has 0 fully saturated rings. The average molecular weight is 275 g/mol. The van der Waals surface area contributed by atoms with Crippen LogP contribution in [0.15, 0.2) is 22.7 Å². The Morgan fingerprint density at radius 3 is 2.93 bits per heavy atom. The molecule has 0 aromatic heterocycles. The van der Waals surface area contributed by atoms with Gasteiger partial charge in [-0.1, -0.05) is 15.9 Å². The lowest BCUT2D eigenvalue weighted by atomic mass is 10.2. The first-order chi connectivity index (χ1) is 7.13. The number of nitrogens with one attached hydrogen (secondary N) is 1. The fourth-order valence-electron chi connectivity index (χ4n) is 1.09. The summed E-state index contributed by atoms with van der Waals surface area (Å²) < 4.78 is 14.0. The number of amides is 1. The molecule has 5 heteroatoms. The summed E-state index contributed by atoms with van der Waals surface area (Å²) in [5.41, 5.74) is 5.66. The second kappa shape index (κ2) is 5.82. The number of carbonyl (C=O) groups excluding carboxylic acids is 1. The molecule has 0 aliphatic rings. The quantitative estimate of drug-likeness (QED) is 0.876. The Kier molecular flexibility index (Phi) is 4.71. The molecule has 1 rings (SSSR count). The van der Waals surface area contributed by atoms with Crippen LogP contribution in [0.4, 0.5) is 4.39 Å². The maximum absolute atomic E-state index is 13.2. The summed E-state index contributed by atoms with van der Waals surface area (Å²) in [7, 11) is 0. The largest absolute Gasteiger partial charge is 0.352 e. The number of nitrogens with two attached hydrogens (primary N) is 1. The van der Waals surface area contributed by atoms with Gasteiger partial charge in [0.1, 0.15) is 5.82 Å². The lowest BCUT2D eigenvalue weighted by Crippen LogP contribution is -2.25. The number of benzene rings is 1. The van der Waals surface area contributed by atoms with Gasteiger partial charge in [0.25, 0.3) is 0 Å². The smallest absolute Gasteiger partial charge is 0.221 e. The van der Waals surface area contributed by atoms with Crippen molar-refractivity contribution < 1.29 is 9.18 Å². The van der Waals surface area contributed by atoms with Crippen LogP contribution in [0.25, 0.3) is 0 Å². The maximum Gasteiger partial charge on any atom is 0.221 e. The zero-order valence-electron chi connectivity index (χ0n) is 8.09. The molecule has 3 nitrogen and oxygen atoms in total. The minimum Gasteiger partial charge on any atom is -0.352 e. The first kappa shape index (κ1) is 12.1. The van der Waals surface area contributed by atoms with E-state index in [1.54, 1.807) is 12.1 Å². The molecule has 1 aromatic rings. The van der Waals surface area contributed by atoms with Crippen LogP contribution in [0.5, 0.6) is 0 Å². The van der Waals surface area contributed by atoms with Crippen molar-refractivity contribution in [1.29, 1.82) is 0 Å². The van der Waals surface area contributed by atoms with Crippen LogP contribution in [0.3, 0.4) is 0 Å². The number of carbonyl (C=O) groups is 1. The number of rotatable bonds is 4. The van der Waals surface area contributed by atoms with E-state index in [1.807, 2.05) is 0 Å². The highest BCUT2D eigenvalue weighted by Gasteiger charge is 2.04. The molecule has 82 valence electrons. The van der Waals surface area contributed by atoms with Crippen LogP contribution in [0.2, 0.25) is 0 Å². The van der Waals surface area contributed by atoms with Gasteiger partial charge in [-0.15, -0.1) is 0 Å². The molecular formula is C10H12BrFN2O. The monoisotopic (exact) mass is 274 g/mol. The minimum absolute atomic E-state index is 0.170. The molecule has 0 atom stereocenters. The van der Waals surface area contributed by atoms with Gasteiger partial charge < -0.3 is 11.1 Å². The predicted molar refractivity (Wildman–Crippen MR) is 59.6 cm³/mol. The van der Waals surface area contributed by atoms with Crippen LogP contribution in [-0.4, -0.2) is 12.5 Å². The highest BCUT2D eigenvalue weighted by atomic mass is 79.9. The molecule has 3 N–H and O–H groups in total. The lowest BCUT2D eigenvalue weighted by molar-refractivity contribution is -0.121. The molecule has 1 aromatic carbocycles. The summed E-state index contributed by atoms with van der Waals surface area (Å²) in [6.07, 6.45) is 0.260. The fraction of sp³-hybridized carbons (Fsp3) is 0.300. The van der Waals surface area contributed by atoms with Gasteiger partial charge in [-0.05, 0) is 18.2 Å². The Hall–Kier alpha value is -0.940. The molecule has 0 aliphatic heterocycles. The first-order valence-electron chi connectivity index (χ1n) is 4.54. The van der Waals surface area contributed by atoms with Gasteiger partial charge in [-0.3, -0.25) is 4.79 Å². The van der Waals surface area contributed by atoms with Gasteiger partial charge in [0, 0.05) is 29.5 Å². The molecular weight excluding hydrogens is 263 g/mol. The van der Waals surface area contributed by atoms with Crippen molar-refractivity contribution in [3.63, 3.8) is 0 Å². The number of hydrogen-bond acceptors (Lipinski definition) is 2. The van der Waals surface area contributed by atoms with Crippen LogP contribution in [-0.2, 0) is 11.3 Å². The molecule has 0 saturated carbocycles. The highest BCUT2D eigenvalue weighted by molar-refractivity contribution is 9.10. The van der Waals surface area contributed by atoms with Crippen LogP contribution < -0.4 is 11.1 Å². The Morgan fingerprint density at radius 2 is 2.27 bits per heavy atom. The van der Waals surface area contributed by atoms with Gasteiger partial charge in [-0.25, -0.2) is 4.39 Å². The summed E-state index contributed by atoms with van der Waals surface area (Å²) in [6.45, 7) is 0.483. The normalized spacial score (nSPS) is 10.1. The Balaban J connectivity index is 2.57. The summed E-state index contributed by atoms with van der Waals surface area (Å²) in [5, 5.41) is 2.59. The molecule has 0 bridgehead atoms. The van der Waals surface area contributed by atoms with E-state index < -0.39 is 0 Å². The Bertz CT molecular complexity index is 357. The SMILES string of the molecule is NCCC(=O)NCc1cc(Br)ccc1F. The summed E-state index contributed by atoms with van der Waals surface area (Å²) in [6, 6.07) is 4.60. The summed E-state index contributed by atoms with van der Waals surface area (Å²) in [4.78, 5) is 11.1. The van der Waals surface area contributed by atoms with Crippen LogP contribution in [0.1, 0.15) is 12.0 Å². The summed E-state index contributed by atoms with van der Waals surface area (Å²) in [5.74, 6) is -0.497. The van der Waals surface area contributed by atoms with E-state index in [1.165, 1.54) is 6.07 Å². The Labute approximate surface area is 96.0 Å². The molecule has 15 heavy (non-hydrogen) atoms. The van der Waals surface area contributed by atoms with E-state index in [0.29, 0.717) is 12.1 Å². The molecule has 0 heterocycles.